The van der Waals surface area contributed by atoms with Crippen LogP contribution in [0.1, 0.15) is 48.0 Å². The van der Waals surface area contributed by atoms with Crippen LogP contribution in [0.3, 0.4) is 0 Å². The Hall–Kier alpha value is -3.99. The number of carbonyl (C=O) groups is 3. The predicted molar refractivity (Wildman–Crippen MR) is 152 cm³/mol. The molecule has 224 valence electrons. The molecule has 0 bridgehead atoms. The van der Waals surface area contributed by atoms with Gasteiger partial charge in [-0.15, -0.1) is 0 Å². The van der Waals surface area contributed by atoms with E-state index in [1.807, 2.05) is 35.9 Å². The Morgan fingerprint density at radius 1 is 1.12 bits per heavy atom. The van der Waals surface area contributed by atoms with Crippen LogP contribution in [0.25, 0.3) is 10.9 Å². The molecule has 0 radical (unpaired) electrons. The summed E-state index contributed by atoms with van der Waals surface area (Å²) in [6.45, 7) is 0.0377. The Balaban J connectivity index is 1.24. The number of anilines is 1. The highest BCUT2D eigenvalue weighted by atomic mass is 19.1. The van der Waals surface area contributed by atoms with Crippen molar-refractivity contribution in [3.05, 3.63) is 59.5 Å². The van der Waals surface area contributed by atoms with Gasteiger partial charge in [-0.05, 0) is 37.8 Å². The number of fused-ring (bicyclic) bond motifs is 1. The van der Waals surface area contributed by atoms with Crippen LogP contribution in [0.5, 0.6) is 5.75 Å². The van der Waals surface area contributed by atoms with Crippen molar-refractivity contribution in [2.24, 2.45) is 13.0 Å². The van der Waals surface area contributed by atoms with Crippen LogP contribution in [0.15, 0.2) is 42.6 Å². The lowest BCUT2D eigenvalue weighted by molar-refractivity contribution is -0.144. The number of aromatic nitrogens is 1. The normalized spacial score (nSPS) is 22.3. The zero-order chi connectivity index (χ0) is 30.0. The van der Waals surface area contributed by atoms with E-state index in [2.05, 4.69) is 5.32 Å². The van der Waals surface area contributed by atoms with Gasteiger partial charge in [0.1, 0.15) is 17.7 Å². The van der Waals surface area contributed by atoms with Crippen molar-refractivity contribution >= 4 is 34.4 Å². The first-order chi connectivity index (χ1) is 20.1. The maximum Gasteiger partial charge on any atom is 0.306 e. The van der Waals surface area contributed by atoms with E-state index in [-0.39, 0.29) is 55.0 Å². The molecule has 3 aromatic rings. The van der Waals surface area contributed by atoms with Gasteiger partial charge < -0.3 is 29.4 Å². The first kappa shape index (κ1) is 29.5. The zero-order valence-electron chi connectivity index (χ0n) is 23.6. The lowest BCUT2D eigenvalue weighted by Gasteiger charge is -2.30. The molecule has 1 saturated carbocycles. The smallest absolute Gasteiger partial charge is 0.306 e. The summed E-state index contributed by atoms with van der Waals surface area (Å²) >= 11 is 0. The standard InChI is InChI=1S/C31H35F2N3O6/c1-35-16-24(23-5-3-4-6-27(23)35)30(38)34-26-14-25(33)19(11-28(26)41-2)12-29(37)36-15-20(32)13-21(36)17-42-22-9-7-18(8-10-22)31(39)40/h3-6,11,14,16,18,20-22H,7-10,12-13,15,17H2,1-2H3,(H,34,38)(H,39,40)/t18?,20-,21-,22?/m0/s1. The molecule has 1 aliphatic carbocycles. The van der Waals surface area contributed by atoms with E-state index in [1.54, 1.807) is 6.20 Å². The summed E-state index contributed by atoms with van der Waals surface area (Å²) in [4.78, 5) is 38.9. The van der Waals surface area contributed by atoms with E-state index in [1.165, 1.54) is 18.1 Å². The molecule has 2 heterocycles. The molecule has 2 atom stereocenters. The van der Waals surface area contributed by atoms with Crippen molar-refractivity contribution in [2.75, 3.05) is 25.6 Å². The Morgan fingerprint density at radius 2 is 1.86 bits per heavy atom. The van der Waals surface area contributed by atoms with Crippen molar-refractivity contribution in [1.29, 1.82) is 0 Å². The molecule has 5 rings (SSSR count). The fourth-order valence-corrected chi connectivity index (χ4v) is 6.02. The van der Waals surface area contributed by atoms with Crippen LogP contribution in [0.4, 0.5) is 14.5 Å². The van der Waals surface area contributed by atoms with Gasteiger partial charge in [-0.3, -0.25) is 14.4 Å². The number of hydrogen-bond donors (Lipinski definition) is 2. The maximum atomic E-state index is 15.3. The van der Waals surface area contributed by atoms with Gasteiger partial charge in [0.25, 0.3) is 5.91 Å². The van der Waals surface area contributed by atoms with Crippen molar-refractivity contribution in [3.63, 3.8) is 0 Å². The number of halogens is 2. The summed E-state index contributed by atoms with van der Waals surface area (Å²) in [7, 11) is 3.22. The number of hydrogen-bond acceptors (Lipinski definition) is 5. The molecule has 2 aliphatic rings. The number of rotatable bonds is 9. The minimum Gasteiger partial charge on any atom is -0.495 e. The number of aliphatic carboxylic acids is 1. The third-order valence-corrected chi connectivity index (χ3v) is 8.33. The monoisotopic (exact) mass is 583 g/mol. The number of carboxylic acids is 1. The summed E-state index contributed by atoms with van der Waals surface area (Å²) in [5.74, 6) is -2.55. The molecule has 9 nitrogen and oxygen atoms in total. The number of para-hydroxylation sites is 1. The van der Waals surface area contributed by atoms with Gasteiger partial charge >= 0.3 is 5.97 Å². The highest BCUT2D eigenvalue weighted by Crippen LogP contribution is 2.32. The van der Waals surface area contributed by atoms with Gasteiger partial charge in [-0.25, -0.2) is 8.78 Å². The number of carboxylic acid groups (broad SMARTS) is 1. The third-order valence-electron chi connectivity index (χ3n) is 8.33. The second kappa shape index (κ2) is 12.5. The topological polar surface area (TPSA) is 110 Å². The lowest BCUT2D eigenvalue weighted by atomic mass is 9.87. The van der Waals surface area contributed by atoms with Crippen LogP contribution in [0, 0.1) is 11.7 Å². The van der Waals surface area contributed by atoms with Gasteiger partial charge in [-0.1, -0.05) is 18.2 Å². The number of carbonyl (C=O) groups excluding carboxylic acids is 2. The molecule has 1 aromatic heterocycles. The molecule has 0 spiro atoms. The summed E-state index contributed by atoms with van der Waals surface area (Å²) in [5.41, 5.74) is 1.49. The number of methoxy groups -OCH3 is 1. The molecule has 1 saturated heterocycles. The molecule has 42 heavy (non-hydrogen) atoms. The van der Waals surface area contributed by atoms with E-state index in [0.717, 1.165) is 17.0 Å². The number of likely N-dealkylation sites (tertiary alicyclic amines) is 1. The molecule has 2 amide bonds. The Bertz CT molecular complexity index is 1480. The van der Waals surface area contributed by atoms with Gasteiger partial charge in [-0.2, -0.15) is 0 Å². The average Bonchev–Trinajstić information content (AvgIpc) is 3.52. The van der Waals surface area contributed by atoms with E-state index >= 15 is 4.39 Å². The fourth-order valence-electron chi connectivity index (χ4n) is 6.02. The Morgan fingerprint density at radius 3 is 2.57 bits per heavy atom. The molecular formula is C31H35F2N3O6. The van der Waals surface area contributed by atoms with Crippen molar-refractivity contribution in [2.45, 2.75) is 56.8 Å². The third kappa shape index (κ3) is 6.25. The highest BCUT2D eigenvalue weighted by Gasteiger charge is 2.37. The molecule has 2 aromatic carbocycles. The molecule has 11 heteroatoms. The molecular weight excluding hydrogens is 548 g/mol. The summed E-state index contributed by atoms with van der Waals surface area (Å²) in [6.07, 6.45) is 2.43. The van der Waals surface area contributed by atoms with E-state index in [9.17, 15) is 23.9 Å². The fraction of sp³-hybridized carbons (Fsp3) is 0.452. The first-order valence-electron chi connectivity index (χ1n) is 14.1. The van der Waals surface area contributed by atoms with Crippen LogP contribution in [-0.4, -0.2) is 70.9 Å². The van der Waals surface area contributed by atoms with Gasteiger partial charge in [0, 0.05) is 42.2 Å². The lowest BCUT2D eigenvalue weighted by Crippen LogP contribution is -2.40. The number of aryl methyl sites for hydroxylation is 1. The molecule has 0 unspecified atom stereocenters. The number of nitrogens with zero attached hydrogens (tertiary/aromatic N) is 2. The van der Waals surface area contributed by atoms with Crippen LogP contribution < -0.4 is 10.1 Å². The highest BCUT2D eigenvalue weighted by molar-refractivity contribution is 6.13. The maximum absolute atomic E-state index is 15.3. The van der Waals surface area contributed by atoms with Crippen molar-refractivity contribution in [3.8, 4) is 5.75 Å². The Kier molecular flexibility index (Phi) is 8.77. The second-order valence-electron chi connectivity index (χ2n) is 11.1. The largest absolute Gasteiger partial charge is 0.495 e. The van der Waals surface area contributed by atoms with Crippen LogP contribution in [0.2, 0.25) is 0 Å². The minimum atomic E-state index is -1.21. The summed E-state index contributed by atoms with van der Waals surface area (Å²) < 4.78 is 42.9. The quantitative estimate of drug-likeness (QED) is 0.377. The van der Waals surface area contributed by atoms with Gasteiger partial charge in [0.05, 0.1) is 56.0 Å². The summed E-state index contributed by atoms with van der Waals surface area (Å²) in [5, 5.41) is 12.7. The number of ether oxygens (including phenoxy) is 2. The van der Waals surface area contributed by atoms with Crippen LogP contribution >= 0.6 is 0 Å². The van der Waals surface area contributed by atoms with E-state index < -0.39 is 35.8 Å². The number of alkyl halides is 1. The van der Waals surface area contributed by atoms with E-state index in [0.29, 0.717) is 31.2 Å². The predicted octanol–water partition coefficient (Wildman–Crippen LogP) is 4.72. The summed E-state index contributed by atoms with van der Waals surface area (Å²) in [6, 6.07) is 9.45. The Labute approximate surface area is 242 Å². The second-order valence-corrected chi connectivity index (χ2v) is 11.1. The average molecular weight is 584 g/mol. The van der Waals surface area contributed by atoms with Gasteiger partial charge in [0.2, 0.25) is 5.91 Å². The van der Waals surface area contributed by atoms with E-state index in [4.69, 9.17) is 9.47 Å². The number of amides is 2. The zero-order valence-corrected chi connectivity index (χ0v) is 23.6. The minimum absolute atomic E-state index is 0.0639. The molecule has 2 N–H and O–H groups in total. The molecule has 1 aliphatic heterocycles. The SMILES string of the molecule is COc1cc(CC(=O)N2C[C@@H](F)C[C@H]2COC2CCC(C(=O)O)CC2)c(F)cc1NC(=O)c1cn(C)c2ccccc12. The number of nitrogens with one attached hydrogen (secondary N) is 1. The molecule has 2 fully saturated rings. The number of benzene rings is 2. The van der Waals surface area contributed by atoms with Crippen LogP contribution in [-0.2, 0) is 27.8 Å². The van der Waals surface area contributed by atoms with Gasteiger partial charge in [0.15, 0.2) is 0 Å². The van der Waals surface area contributed by atoms with Crippen molar-refractivity contribution < 1.29 is 37.7 Å². The van der Waals surface area contributed by atoms with Crippen molar-refractivity contribution in [1.82, 2.24) is 9.47 Å². The first-order valence-corrected chi connectivity index (χ1v) is 14.1.